The molecule has 0 saturated carbocycles. The number of sulfonamides is 1. The standard InChI is InChI=1S/C29H34FN3O4S/c1-6-27(29(35)31-5)32(18-23-9-11-24(30)12-10-23)28(34)19-33(25-16-21(3)15-22(4)17-25)38(36,37)26-13-7-20(2)8-14-26/h7-17,27H,6,18-19H2,1-5H3,(H,31,35). The highest BCUT2D eigenvalue weighted by Crippen LogP contribution is 2.27. The zero-order chi connectivity index (χ0) is 28.0. The number of carbonyl (C=O) groups excluding carboxylic acids is 2. The third-order valence-corrected chi connectivity index (χ3v) is 8.07. The van der Waals surface area contributed by atoms with Gasteiger partial charge in [-0.25, -0.2) is 12.8 Å². The van der Waals surface area contributed by atoms with Gasteiger partial charge in [0.15, 0.2) is 0 Å². The molecule has 3 rings (SSSR count). The summed E-state index contributed by atoms with van der Waals surface area (Å²) < 4.78 is 42.4. The number of rotatable bonds is 10. The molecule has 0 aliphatic heterocycles. The molecule has 202 valence electrons. The highest BCUT2D eigenvalue weighted by atomic mass is 32.2. The Labute approximate surface area is 224 Å². The molecule has 0 heterocycles. The van der Waals surface area contributed by atoms with Gasteiger partial charge < -0.3 is 10.2 Å². The maximum absolute atomic E-state index is 13.9. The molecule has 0 spiro atoms. The lowest BCUT2D eigenvalue weighted by molar-refractivity contribution is -0.140. The molecular weight excluding hydrogens is 505 g/mol. The molecule has 9 heteroatoms. The summed E-state index contributed by atoms with van der Waals surface area (Å²) in [5, 5.41) is 2.58. The first-order valence-electron chi connectivity index (χ1n) is 12.4. The van der Waals surface area contributed by atoms with Crippen molar-refractivity contribution in [1.29, 1.82) is 0 Å². The van der Waals surface area contributed by atoms with Crippen LogP contribution in [0, 0.1) is 26.6 Å². The van der Waals surface area contributed by atoms with Crippen molar-refractivity contribution in [2.45, 2.75) is 51.6 Å². The molecule has 0 fully saturated rings. The second-order valence-corrected chi connectivity index (χ2v) is 11.2. The highest BCUT2D eigenvalue weighted by Gasteiger charge is 2.33. The van der Waals surface area contributed by atoms with Crippen LogP contribution in [0.3, 0.4) is 0 Å². The first-order chi connectivity index (χ1) is 18.0. The van der Waals surface area contributed by atoms with Crippen LogP contribution in [0.1, 0.15) is 35.6 Å². The number of amides is 2. The Morgan fingerprint density at radius 3 is 2.00 bits per heavy atom. The lowest BCUT2D eigenvalue weighted by Crippen LogP contribution is -2.51. The Bertz CT molecular complexity index is 1370. The molecular formula is C29H34FN3O4S. The molecule has 38 heavy (non-hydrogen) atoms. The van der Waals surface area contributed by atoms with Gasteiger partial charge in [0.2, 0.25) is 11.8 Å². The number of likely N-dealkylation sites (N-methyl/N-ethyl adjacent to an activating group) is 1. The molecule has 3 aromatic carbocycles. The average Bonchev–Trinajstić information content (AvgIpc) is 2.87. The molecule has 0 saturated heterocycles. The Morgan fingerprint density at radius 2 is 1.47 bits per heavy atom. The zero-order valence-corrected chi connectivity index (χ0v) is 23.2. The Kier molecular flexibility index (Phi) is 9.27. The van der Waals surface area contributed by atoms with Crippen molar-refractivity contribution in [3.05, 3.63) is 94.8 Å². The predicted molar refractivity (Wildman–Crippen MR) is 147 cm³/mol. The van der Waals surface area contributed by atoms with Gasteiger partial charge in [-0.1, -0.05) is 42.8 Å². The third kappa shape index (κ3) is 6.77. The molecule has 0 radical (unpaired) electrons. The van der Waals surface area contributed by atoms with Crippen molar-refractivity contribution in [2.24, 2.45) is 0 Å². The van der Waals surface area contributed by atoms with E-state index in [-0.39, 0.29) is 17.3 Å². The van der Waals surface area contributed by atoms with E-state index in [1.807, 2.05) is 26.8 Å². The van der Waals surface area contributed by atoms with E-state index in [1.165, 1.54) is 48.3 Å². The summed E-state index contributed by atoms with van der Waals surface area (Å²) in [5.41, 5.74) is 3.56. The normalized spacial score (nSPS) is 12.1. The van der Waals surface area contributed by atoms with E-state index in [4.69, 9.17) is 0 Å². The lowest BCUT2D eigenvalue weighted by Gasteiger charge is -2.33. The van der Waals surface area contributed by atoms with Crippen molar-refractivity contribution in [3.63, 3.8) is 0 Å². The first-order valence-corrected chi connectivity index (χ1v) is 13.8. The summed E-state index contributed by atoms with van der Waals surface area (Å²) in [4.78, 5) is 28.0. The second-order valence-electron chi connectivity index (χ2n) is 9.36. The van der Waals surface area contributed by atoms with E-state index in [0.717, 1.165) is 21.0 Å². The van der Waals surface area contributed by atoms with Crippen LogP contribution < -0.4 is 9.62 Å². The number of halogens is 1. The van der Waals surface area contributed by atoms with E-state index in [1.54, 1.807) is 31.2 Å². The quantitative estimate of drug-likeness (QED) is 0.411. The largest absolute Gasteiger partial charge is 0.357 e. The van der Waals surface area contributed by atoms with Crippen LogP contribution in [0.25, 0.3) is 0 Å². The number of benzene rings is 3. The van der Waals surface area contributed by atoms with Gasteiger partial charge in [-0.2, -0.15) is 0 Å². The van der Waals surface area contributed by atoms with Crippen LogP contribution in [0.15, 0.2) is 71.6 Å². The Hall–Kier alpha value is -3.72. The topological polar surface area (TPSA) is 86.8 Å². The molecule has 3 aromatic rings. The van der Waals surface area contributed by atoms with Gasteiger partial charge in [0.1, 0.15) is 18.4 Å². The van der Waals surface area contributed by atoms with E-state index in [0.29, 0.717) is 17.7 Å². The number of carbonyl (C=O) groups is 2. The first kappa shape index (κ1) is 28.8. The van der Waals surface area contributed by atoms with Gasteiger partial charge in [0.25, 0.3) is 10.0 Å². The third-order valence-electron chi connectivity index (χ3n) is 6.28. The zero-order valence-electron chi connectivity index (χ0n) is 22.4. The molecule has 2 amide bonds. The minimum absolute atomic E-state index is 0.0102. The number of hydrogen-bond acceptors (Lipinski definition) is 4. The van der Waals surface area contributed by atoms with Crippen molar-refractivity contribution >= 4 is 27.5 Å². The molecule has 0 bridgehead atoms. The van der Waals surface area contributed by atoms with Gasteiger partial charge in [0, 0.05) is 13.6 Å². The summed E-state index contributed by atoms with van der Waals surface area (Å²) in [6.45, 7) is 6.83. The molecule has 7 nitrogen and oxygen atoms in total. The van der Waals surface area contributed by atoms with Crippen molar-refractivity contribution in [1.82, 2.24) is 10.2 Å². The second kappa shape index (κ2) is 12.2. The molecule has 0 aliphatic rings. The minimum Gasteiger partial charge on any atom is -0.357 e. The fourth-order valence-corrected chi connectivity index (χ4v) is 5.73. The van der Waals surface area contributed by atoms with Crippen LogP contribution in [0.4, 0.5) is 10.1 Å². The monoisotopic (exact) mass is 539 g/mol. The fraction of sp³-hybridized carbons (Fsp3) is 0.310. The Balaban J connectivity index is 2.09. The van der Waals surface area contributed by atoms with Gasteiger partial charge in [-0.05, 0) is 80.3 Å². The molecule has 0 aliphatic carbocycles. The number of hydrogen-bond donors (Lipinski definition) is 1. The van der Waals surface area contributed by atoms with Crippen LogP contribution in [-0.2, 0) is 26.2 Å². The summed E-state index contributed by atoms with van der Waals surface area (Å²) in [6.07, 6.45) is 0.306. The van der Waals surface area contributed by atoms with Crippen molar-refractivity contribution < 1.29 is 22.4 Å². The maximum atomic E-state index is 13.9. The van der Waals surface area contributed by atoms with E-state index < -0.39 is 34.3 Å². The predicted octanol–water partition coefficient (Wildman–Crippen LogP) is 4.50. The summed E-state index contributed by atoms with van der Waals surface area (Å²) in [5.74, 6) is -1.35. The molecule has 1 N–H and O–H groups in total. The molecule has 1 unspecified atom stereocenters. The molecule has 1 atom stereocenters. The molecule has 0 aromatic heterocycles. The van der Waals surface area contributed by atoms with Gasteiger partial charge >= 0.3 is 0 Å². The van der Waals surface area contributed by atoms with E-state index in [2.05, 4.69) is 5.32 Å². The number of anilines is 1. The van der Waals surface area contributed by atoms with Crippen LogP contribution in [-0.4, -0.2) is 44.8 Å². The number of nitrogens with zero attached hydrogens (tertiary/aromatic N) is 2. The maximum Gasteiger partial charge on any atom is 0.264 e. The van der Waals surface area contributed by atoms with Crippen molar-refractivity contribution in [2.75, 3.05) is 17.9 Å². The SMILES string of the molecule is CCC(C(=O)NC)N(Cc1ccc(F)cc1)C(=O)CN(c1cc(C)cc(C)c1)S(=O)(=O)c1ccc(C)cc1. The lowest BCUT2D eigenvalue weighted by atomic mass is 10.1. The van der Waals surface area contributed by atoms with E-state index >= 15 is 0 Å². The summed E-state index contributed by atoms with van der Waals surface area (Å²) >= 11 is 0. The smallest absolute Gasteiger partial charge is 0.264 e. The van der Waals surface area contributed by atoms with E-state index in [9.17, 15) is 22.4 Å². The Morgan fingerprint density at radius 1 is 0.895 bits per heavy atom. The van der Waals surface area contributed by atoms with Gasteiger partial charge in [0.05, 0.1) is 10.6 Å². The number of nitrogens with one attached hydrogen (secondary N) is 1. The number of aryl methyl sites for hydroxylation is 3. The van der Waals surface area contributed by atoms with Crippen LogP contribution >= 0.6 is 0 Å². The van der Waals surface area contributed by atoms with Gasteiger partial charge in [-0.15, -0.1) is 0 Å². The minimum atomic E-state index is -4.13. The fourth-order valence-electron chi connectivity index (χ4n) is 4.33. The van der Waals surface area contributed by atoms with Crippen LogP contribution in [0.5, 0.6) is 0 Å². The average molecular weight is 540 g/mol. The summed E-state index contributed by atoms with van der Waals surface area (Å²) in [6, 6.07) is 16.6. The van der Waals surface area contributed by atoms with Gasteiger partial charge in [-0.3, -0.25) is 13.9 Å². The van der Waals surface area contributed by atoms with Crippen molar-refractivity contribution in [3.8, 4) is 0 Å². The summed E-state index contributed by atoms with van der Waals surface area (Å²) in [7, 11) is -2.65. The van der Waals surface area contributed by atoms with Crippen LogP contribution in [0.2, 0.25) is 0 Å². The highest BCUT2D eigenvalue weighted by molar-refractivity contribution is 7.92.